The summed E-state index contributed by atoms with van der Waals surface area (Å²) in [5.74, 6) is -0.636. The molecule has 3 atom stereocenters. The molecule has 0 unspecified atom stereocenters. The summed E-state index contributed by atoms with van der Waals surface area (Å²) in [7, 11) is 0. The van der Waals surface area contributed by atoms with E-state index >= 15 is 0 Å². The number of nitrogens with one attached hydrogen (secondary N) is 1. The van der Waals surface area contributed by atoms with Crippen LogP contribution in [-0.2, 0) is 12.8 Å². The van der Waals surface area contributed by atoms with Crippen LogP contribution in [0.2, 0.25) is 0 Å². The van der Waals surface area contributed by atoms with Crippen LogP contribution in [-0.4, -0.2) is 52.5 Å². The molecule has 0 aromatic carbocycles. The van der Waals surface area contributed by atoms with Gasteiger partial charge >= 0.3 is 0 Å². The summed E-state index contributed by atoms with van der Waals surface area (Å²) >= 11 is 1.30. The molecule has 0 spiro atoms. The zero-order valence-corrected chi connectivity index (χ0v) is 18.9. The van der Waals surface area contributed by atoms with E-state index in [4.69, 9.17) is 11.5 Å². The first kappa shape index (κ1) is 21.9. The zero-order valence-electron chi connectivity index (χ0n) is 18.1. The van der Waals surface area contributed by atoms with E-state index in [9.17, 15) is 13.6 Å². The summed E-state index contributed by atoms with van der Waals surface area (Å²) < 4.78 is 26.3. The van der Waals surface area contributed by atoms with Crippen LogP contribution in [0.5, 0.6) is 0 Å². The molecule has 3 aromatic rings. The van der Waals surface area contributed by atoms with Crippen molar-refractivity contribution in [1.29, 1.82) is 0 Å². The van der Waals surface area contributed by atoms with Gasteiger partial charge in [0.1, 0.15) is 9.71 Å². The van der Waals surface area contributed by atoms with Crippen molar-refractivity contribution in [3.63, 3.8) is 0 Å². The predicted molar refractivity (Wildman–Crippen MR) is 124 cm³/mol. The van der Waals surface area contributed by atoms with Crippen LogP contribution < -0.4 is 21.7 Å². The quantitative estimate of drug-likeness (QED) is 0.531. The topological polar surface area (TPSA) is 123 Å². The number of nitrogen functional groups attached to an aromatic ring is 1. The Labute approximate surface area is 193 Å². The largest absolute Gasteiger partial charge is 0.397 e. The van der Waals surface area contributed by atoms with Crippen LogP contribution in [0.4, 0.5) is 20.4 Å². The van der Waals surface area contributed by atoms with Crippen LogP contribution in [0.15, 0.2) is 18.3 Å². The molecule has 2 aliphatic rings. The Morgan fingerprint density at radius 1 is 1.30 bits per heavy atom. The number of hydrogen-bond acceptors (Lipinski definition) is 8. The Morgan fingerprint density at radius 2 is 2.12 bits per heavy atom. The second-order valence-corrected chi connectivity index (χ2v) is 9.77. The third-order valence-corrected chi connectivity index (χ3v) is 7.54. The molecule has 5 N–H and O–H groups in total. The number of pyridine rings is 1. The van der Waals surface area contributed by atoms with Crippen LogP contribution in [0, 0.1) is 12.8 Å². The van der Waals surface area contributed by atoms with Crippen molar-refractivity contribution >= 4 is 39.1 Å². The van der Waals surface area contributed by atoms with Gasteiger partial charge in [-0.3, -0.25) is 4.79 Å². The number of hydrogen-bond donors (Lipinski definition) is 3. The number of anilines is 2. The van der Waals surface area contributed by atoms with Crippen molar-refractivity contribution in [2.45, 2.75) is 44.7 Å². The number of amides is 1. The average molecular weight is 474 g/mol. The second kappa shape index (κ2) is 8.45. The molecule has 1 fully saturated rings. The first-order chi connectivity index (χ1) is 15.8. The molecule has 4 heterocycles. The smallest absolute Gasteiger partial charge is 0.263 e. The summed E-state index contributed by atoms with van der Waals surface area (Å²) in [4.78, 5) is 29.4. The fourth-order valence-corrected chi connectivity index (χ4v) is 5.61. The van der Waals surface area contributed by atoms with Crippen molar-refractivity contribution in [2.24, 2.45) is 11.7 Å². The van der Waals surface area contributed by atoms with Crippen molar-refractivity contribution in [2.75, 3.05) is 23.7 Å². The maximum absolute atomic E-state index is 13.1. The minimum Gasteiger partial charge on any atom is -0.397 e. The molecule has 33 heavy (non-hydrogen) atoms. The number of thiophene rings is 1. The van der Waals surface area contributed by atoms with E-state index in [2.05, 4.69) is 20.3 Å². The second-order valence-electron chi connectivity index (χ2n) is 8.77. The van der Waals surface area contributed by atoms with E-state index in [1.165, 1.54) is 11.3 Å². The standard InChI is InChI=1S/C22H25F2N7OS/c1-10-2-4-13-17(26)18(33-21(13)28-10)20(32)29-12-3-5-16-11(6-12)7-27-22(30-16)31-8-14(19(23)24)15(25)9-31/h2,4,7,12,14-15,19H,3,5-6,8-9,25-26H2,1H3,(H,29,32)/t12-,14+,15+/m0/s1. The van der Waals surface area contributed by atoms with E-state index in [0.29, 0.717) is 35.9 Å². The third-order valence-electron chi connectivity index (χ3n) is 6.43. The third kappa shape index (κ3) is 4.10. The van der Waals surface area contributed by atoms with Crippen LogP contribution in [0.3, 0.4) is 0 Å². The lowest BCUT2D eigenvalue weighted by Gasteiger charge is -2.26. The molecule has 1 aliphatic heterocycles. The fourth-order valence-electron chi connectivity index (χ4n) is 4.57. The highest BCUT2D eigenvalue weighted by Gasteiger charge is 2.37. The number of nitrogens with two attached hydrogens (primary N) is 2. The molecule has 5 rings (SSSR count). The highest BCUT2D eigenvalue weighted by molar-refractivity contribution is 7.21. The Kier molecular flexibility index (Phi) is 5.61. The maximum atomic E-state index is 13.1. The summed E-state index contributed by atoms with van der Waals surface area (Å²) in [5.41, 5.74) is 15.3. The lowest BCUT2D eigenvalue weighted by atomic mass is 9.93. The van der Waals surface area contributed by atoms with Crippen molar-refractivity contribution < 1.29 is 13.6 Å². The van der Waals surface area contributed by atoms with Gasteiger partial charge in [-0.05, 0) is 43.9 Å². The molecule has 0 saturated carbocycles. The van der Waals surface area contributed by atoms with Gasteiger partial charge in [-0.15, -0.1) is 11.3 Å². The van der Waals surface area contributed by atoms with Gasteiger partial charge in [-0.2, -0.15) is 0 Å². The normalized spacial score (nSPS) is 22.7. The lowest BCUT2D eigenvalue weighted by Crippen LogP contribution is -2.39. The molecule has 3 aromatic heterocycles. The molecule has 1 aliphatic carbocycles. The van der Waals surface area contributed by atoms with E-state index in [1.54, 1.807) is 11.1 Å². The fraction of sp³-hybridized carbons (Fsp3) is 0.455. The minimum absolute atomic E-state index is 0.0674. The monoisotopic (exact) mass is 473 g/mol. The summed E-state index contributed by atoms with van der Waals surface area (Å²) in [6, 6.07) is 3.11. The van der Waals surface area contributed by atoms with Gasteiger partial charge in [0.25, 0.3) is 5.91 Å². The van der Waals surface area contributed by atoms with Gasteiger partial charge < -0.3 is 21.7 Å². The van der Waals surface area contributed by atoms with Crippen LogP contribution >= 0.6 is 11.3 Å². The van der Waals surface area contributed by atoms with Gasteiger partial charge in [0.2, 0.25) is 12.4 Å². The Balaban J connectivity index is 1.27. The Morgan fingerprint density at radius 3 is 2.88 bits per heavy atom. The number of aryl methyl sites for hydroxylation is 2. The number of carbonyl (C=O) groups excluding carboxylic acids is 1. The summed E-state index contributed by atoms with van der Waals surface area (Å²) in [6.07, 6.45) is 1.26. The molecule has 1 saturated heterocycles. The zero-order chi connectivity index (χ0) is 23.3. The molecular formula is C22H25F2N7OS. The van der Waals surface area contributed by atoms with Crippen molar-refractivity contribution in [3.8, 4) is 0 Å². The number of alkyl halides is 2. The van der Waals surface area contributed by atoms with E-state index in [1.807, 2.05) is 19.1 Å². The lowest BCUT2D eigenvalue weighted by molar-refractivity contribution is 0.0804. The molecule has 8 nitrogen and oxygen atoms in total. The van der Waals surface area contributed by atoms with Crippen LogP contribution in [0.1, 0.15) is 33.0 Å². The van der Waals surface area contributed by atoms with E-state index < -0.39 is 18.4 Å². The van der Waals surface area contributed by atoms with Gasteiger partial charge in [-0.1, -0.05) is 0 Å². The molecular weight excluding hydrogens is 448 g/mol. The van der Waals surface area contributed by atoms with Crippen LogP contribution in [0.25, 0.3) is 10.2 Å². The van der Waals surface area contributed by atoms with E-state index in [0.717, 1.165) is 33.6 Å². The highest BCUT2D eigenvalue weighted by Crippen LogP contribution is 2.33. The first-order valence-electron chi connectivity index (χ1n) is 10.9. The first-order valence-corrected chi connectivity index (χ1v) is 11.7. The minimum atomic E-state index is -2.46. The highest BCUT2D eigenvalue weighted by atomic mass is 32.1. The molecule has 11 heteroatoms. The summed E-state index contributed by atoms with van der Waals surface area (Å²) in [6.45, 7) is 2.37. The van der Waals surface area contributed by atoms with Gasteiger partial charge in [-0.25, -0.2) is 23.7 Å². The molecule has 1 amide bonds. The van der Waals surface area contributed by atoms with E-state index in [-0.39, 0.29) is 18.5 Å². The maximum Gasteiger partial charge on any atom is 0.263 e. The Bertz CT molecular complexity index is 1220. The summed E-state index contributed by atoms with van der Waals surface area (Å²) in [5, 5.41) is 3.88. The SMILES string of the molecule is Cc1ccc2c(N)c(C(=O)N[C@H]3CCc4nc(N5C[C@@H](N)[C@H](C(F)F)C5)ncc4C3)sc2n1. The molecule has 0 radical (unpaired) electrons. The number of nitrogens with zero attached hydrogens (tertiary/aromatic N) is 4. The van der Waals surface area contributed by atoms with Gasteiger partial charge in [0.15, 0.2) is 0 Å². The van der Waals surface area contributed by atoms with Gasteiger partial charge in [0, 0.05) is 48.1 Å². The number of rotatable bonds is 4. The predicted octanol–water partition coefficient (Wildman–Crippen LogP) is 2.29. The number of halogens is 2. The number of carbonyl (C=O) groups is 1. The van der Waals surface area contributed by atoms with Crippen molar-refractivity contribution in [3.05, 3.63) is 40.2 Å². The Hall–Kier alpha value is -2.92. The molecule has 174 valence electrons. The average Bonchev–Trinajstić information content (AvgIpc) is 3.33. The number of aromatic nitrogens is 3. The van der Waals surface area contributed by atoms with Crippen molar-refractivity contribution in [1.82, 2.24) is 20.3 Å². The van der Waals surface area contributed by atoms with Gasteiger partial charge in [0.05, 0.1) is 11.6 Å². The molecule has 0 bridgehead atoms. The number of fused-ring (bicyclic) bond motifs is 2.